The van der Waals surface area contributed by atoms with E-state index in [-0.39, 0.29) is 5.82 Å². The number of hydrogen-bond donors (Lipinski definition) is 1. The number of benzene rings is 1. The average Bonchev–Trinajstić information content (AvgIpc) is 2.31. The molecule has 4 heteroatoms. The lowest BCUT2D eigenvalue weighted by Gasteiger charge is -2.08. The molecule has 0 bridgehead atoms. The molecule has 1 aromatic carbocycles. The van der Waals surface area contributed by atoms with Crippen LogP contribution in [0.1, 0.15) is 11.4 Å². The highest BCUT2D eigenvalue weighted by atomic mass is 19.1. The summed E-state index contributed by atoms with van der Waals surface area (Å²) in [5.41, 5.74) is 2.14. The average molecular weight is 231 g/mol. The zero-order chi connectivity index (χ0) is 12.4. The van der Waals surface area contributed by atoms with Crippen LogP contribution in [0, 0.1) is 19.7 Å². The second-order valence-electron chi connectivity index (χ2n) is 3.85. The summed E-state index contributed by atoms with van der Waals surface area (Å²) in [6, 6.07) is 6.81. The minimum absolute atomic E-state index is 0.218. The number of nitrogens with zero attached hydrogens (tertiary/aromatic N) is 2. The van der Waals surface area contributed by atoms with Crippen LogP contribution >= 0.6 is 0 Å². The first-order valence-corrected chi connectivity index (χ1v) is 5.40. The van der Waals surface area contributed by atoms with Gasteiger partial charge in [0.1, 0.15) is 17.5 Å². The van der Waals surface area contributed by atoms with Crippen LogP contribution in [0.15, 0.2) is 24.3 Å². The Morgan fingerprint density at radius 1 is 1.18 bits per heavy atom. The van der Waals surface area contributed by atoms with Crippen molar-refractivity contribution in [2.24, 2.45) is 0 Å². The second kappa shape index (κ2) is 4.49. The zero-order valence-corrected chi connectivity index (χ0v) is 10.1. The van der Waals surface area contributed by atoms with Gasteiger partial charge >= 0.3 is 0 Å². The van der Waals surface area contributed by atoms with Crippen molar-refractivity contribution in [3.63, 3.8) is 0 Å². The molecule has 0 fully saturated rings. The summed E-state index contributed by atoms with van der Waals surface area (Å²) in [4.78, 5) is 8.55. The molecule has 0 radical (unpaired) electrons. The summed E-state index contributed by atoms with van der Waals surface area (Å²) in [5, 5.41) is 2.97. The van der Waals surface area contributed by atoms with E-state index in [1.807, 2.05) is 19.1 Å². The Morgan fingerprint density at radius 2 is 1.94 bits per heavy atom. The molecule has 0 amide bonds. The normalized spacial score (nSPS) is 10.4. The summed E-state index contributed by atoms with van der Waals surface area (Å²) in [6.07, 6.45) is 0. The van der Waals surface area contributed by atoms with Crippen molar-refractivity contribution in [1.82, 2.24) is 9.97 Å². The molecular weight excluding hydrogens is 217 g/mol. The van der Waals surface area contributed by atoms with E-state index in [0.29, 0.717) is 11.4 Å². The Hall–Kier alpha value is -1.97. The Kier molecular flexibility index (Phi) is 3.04. The predicted octanol–water partition coefficient (Wildman–Crippen LogP) is 2.94. The molecule has 0 saturated heterocycles. The van der Waals surface area contributed by atoms with Gasteiger partial charge in [-0.3, -0.25) is 0 Å². The highest BCUT2D eigenvalue weighted by Gasteiger charge is 2.09. The number of halogens is 1. The van der Waals surface area contributed by atoms with Crippen LogP contribution in [0.4, 0.5) is 10.2 Å². The third-order valence-corrected chi connectivity index (χ3v) is 2.64. The van der Waals surface area contributed by atoms with Gasteiger partial charge in [-0.25, -0.2) is 14.4 Å². The number of aryl methyl sites for hydroxylation is 1. The first-order chi connectivity index (χ1) is 8.11. The van der Waals surface area contributed by atoms with Crippen LogP contribution in [0.2, 0.25) is 0 Å². The summed E-state index contributed by atoms with van der Waals surface area (Å²) < 4.78 is 13.5. The van der Waals surface area contributed by atoms with Gasteiger partial charge in [0.05, 0.1) is 5.69 Å². The van der Waals surface area contributed by atoms with Gasteiger partial charge in [-0.05, 0) is 25.5 Å². The first kappa shape index (κ1) is 11.5. The summed E-state index contributed by atoms with van der Waals surface area (Å²) in [7, 11) is 1.80. The van der Waals surface area contributed by atoms with Crippen molar-refractivity contribution in [1.29, 1.82) is 0 Å². The Morgan fingerprint density at radius 3 is 2.65 bits per heavy atom. The third-order valence-electron chi connectivity index (χ3n) is 2.64. The molecule has 0 atom stereocenters. The topological polar surface area (TPSA) is 37.8 Å². The maximum absolute atomic E-state index is 13.5. The fraction of sp³-hybridized carbons (Fsp3) is 0.231. The number of hydrogen-bond acceptors (Lipinski definition) is 3. The molecule has 0 saturated carbocycles. The predicted molar refractivity (Wildman–Crippen MR) is 66.4 cm³/mol. The van der Waals surface area contributed by atoms with Crippen LogP contribution < -0.4 is 5.32 Å². The van der Waals surface area contributed by atoms with Crippen molar-refractivity contribution in [3.8, 4) is 11.3 Å². The van der Waals surface area contributed by atoms with Gasteiger partial charge in [0, 0.05) is 18.7 Å². The van der Waals surface area contributed by atoms with E-state index in [2.05, 4.69) is 15.3 Å². The molecule has 2 aromatic rings. The Labute approximate surface area is 99.7 Å². The number of rotatable bonds is 2. The van der Waals surface area contributed by atoms with Crippen molar-refractivity contribution >= 4 is 5.82 Å². The lowest BCUT2D eigenvalue weighted by molar-refractivity contribution is 0.619. The maximum Gasteiger partial charge on any atom is 0.130 e. The van der Waals surface area contributed by atoms with Crippen molar-refractivity contribution < 1.29 is 4.39 Å². The molecule has 17 heavy (non-hydrogen) atoms. The van der Waals surface area contributed by atoms with Crippen molar-refractivity contribution in [3.05, 3.63) is 41.5 Å². The largest absolute Gasteiger partial charge is 0.373 e. The summed E-state index contributed by atoms with van der Waals surface area (Å²) in [6.45, 7) is 3.57. The van der Waals surface area contributed by atoms with Gasteiger partial charge in [-0.2, -0.15) is 0 Å². The fourth-order valence-electron chi connectivity index (χ4n) is 1.72. The molecule has 88 valence electrons. The van der Waals surface area contributed by atoms with E-state index in [1.54, 1.807) is 20.0 Å². The monoisotopic (exact) mass is 231 g/mol. The van der Waals surface area contributed by atoms with Gasteiger partial charge in [0.15, 0.2) is 0 Å². The summed E-state index contributed by atoms with van der Waals surface area (Å²) in [5.74, 6) is 1.18. The molecule has 1 N–H and O–H groups in total. The van der Waals surface area contributed by atoms with Gasteiger partial charge < -0.3 is 5.32 Å². The second-order valence-corrected chi connectivity index (χ2v) is 3.85. The third kappa shape index (κ3) is 2.25. The lowest BCUT2D eigenvalue weighted by Crippen LogP contribution is -1.99. The standard InChI is InChI=1S/C13H14FN3/c1-8-10(5-4-6-11(8)14)12-7-13(15-3)17-9(2)16-12/h4-7H,1-3H3,(H,15,16,17). The molecule has 3 nitrogen and oxygen atoms in total. The van der Waals surface area contributed by atoms with Crippen LogP contribution in [0.25, 0.3) is 11.3 Å². The van der Waals surface area contributed by atoms with Crippen molar-refractivity contribution in [2.75, 3.05) is 12.4 Å². The highest BCUT2D eigenvalue weighted by Crippen LogP contribution is 2.24. The SMILES string of the molecule is CNc1cc(-c2cccc(F)c2C)nc(C)n1. The van der Waals surface area contributed by atoms with Crippen LogP contribution in [0.3, 0.4) is 0 Å². The Bertz CT molecular complexity index is 552. The molecule has 0 aliphatic heterocycles. The smallest absolute Gasteiger partial charge is 0.130 e. The molecular formula is C13H14FN3. The quantitative estimate of drug-likeness (QED) is 0.863. The first-order valence-electron chi connectivity index (χ1n) is 5.40. The van der Waals surface area contributed by atoms with Gasteiger partial charge in [-0.15, -0.1) is 0 Å². The molecule has 0 unspecified atom stereocenters. The van der Waals surface area contributed by atoms with E-state index in [0.717, 1.165) is 17.1 Å². The van der Waals surface area contributed by atoms with E-state index < -0.39 is 0 Å². The minimum Gasteiger partial charge on any atom is -0.373 e. The molecule has 0 spiro atoms. The summed E-state index contributed by atoms with van der Waals surface area (Å²) >= 11 is 0. The molecule has 2 rings (SSSR count). The molecule has 1 heterocycles. The van der Waals surface area contributed by atoms with Crippen LogP contribution in [0.5, 0.6) is 0 Å². The van der Waals surface area contributed by atoms with Crippen LogP contribution in [-0.2, 0) is 0 Å². The fourth-order valence-corrected chi connectivity index (χ4v) is 1.72. The van der Waals surface area contributed by atoms with Gasteiger partial charge in [-0.1, -0.05) is 12.1 Å². The van der Waals surface area contributed by atoms with Crippen LogP contribution in [-0.4, -0.2) is 17.0 Å². The number of aromatic nitrogens is 2. The minimum atomic E-state index is -0.218. The van der Waals surface area contributed by atoms with Gasteiger partial charge in [0.25, 0.3) is 0 Å². The van der Waals surface area contributed by atoms with E-state index >= 15 is 0 Å². The van der Waals surface area contributed by atoms with E-state index in [1.165, 1.54) is 6.07 Å². The van der Waals surface area contributed by atoms with E-state index in [9.17, 15) is 4.39 Å². The molecule has 1 aromatic heterocycles. The highest BCUT2D eigenvalue weighted by molar-refractivity contribution is 5.66. The zero-order valence-electron chi connectivity index (χ0n) is 10.1. The molecule has 0 aliphatic carbocycles. The van der Waals surface area contributed by atoms with Gasteiger partial charge in [0.2, 0.25) is 0 Å². The molecule has 0 aliphatic rings. The van der Waals surface area contributed by atoms with Crippen molar-refractivity contribution in [2.45, 2.75) is 13.8 Å². The number of anilines is 1. The lowest BCUT2D eigenvalue weighted by atomic mass is 10.0. The Balaban J connectivity index is 2.60. The number of nitrogens with one attached hydrogen (secondary N) is 1. The van der Waals surface area contributed by atoms with E-state index in [4.69, 9.17) is 0 Å². The maximum atomic E-state index is 13.5.